The third kappa shape index (κ3) is 2.71. The second kappa shape index (κ2) is 6.19. The van der Waals surface area contributed by atoms with Gasteiger partial charge in [-0.05, 0) is 38.7 Å². The van der Waals surface area contributed by atoms with Gasteiger partial charge in [0.1, 0.15) is 17.7 Å². The summed E-state index contributed by atoms with van der Waals surface area (Å²) in [7, 11) is 0. The van der Waals surface area contributed by atoms with Crippen molar-refractivity contribution in [1.29, 1.82) is 5.26 Å². The number of anilines is 2. The molecule has 3 saturated heterocycles. The molecule has 0 aliphatic carbocycles. The number of nitrogens with zero attached hydrogens (tertiary/aromatic N) is 6. The van der Waals surface area contributed by atoms with Crippen LogP contribution in [-0.4, -0.2) is 46.4 Å². The fourth-order valence-electron chi connectivity index (χ4n) is 3.75. The van der Waals surface area contributed by atoms with Gasteiger partial charge in [-0.2, -0.15) is 5.26 Å². The molecule has 0 saturated carbocycles. The van der Waals surface area contributed by atoms with E-state index in [2.05, 4.69) is 39.7 Å². The minimum Gasteiger partial charge on any atom is -0.352 e. The van der Waals surface area contributed by atoms with Crippen molar-refractivity contribution in [3.63, 3.8) is 0 Å². The van der Waals surface area contributed by atoms with Gasteiger partial charge in [0.05, 0.1) is 17.6 Å². The van der Waals surface area contributed by atoms with Crippen molar-refractivity contribution in [2.24, 2.45) is 0 Å². The normalized spacial score (nSPS) is 21.7. The molecule has 0 amide bonds. The number of hydrogen-bond acceptors (Lipinski definition) is 7. The molecule has 2 aromatic heterocycles. The average Bonchev–Trinajstić information content (AvgIpc) is 2.64. The highest BCUT2D eigenvalue weighted by atomic mass is 32.2. The predicted molar refractivity (Wildman–Crippen MR) is 99.1 cm³/mol. The van der Waals surface area contributed by atoms with Crippen LogP contribution in [0.5, 0.6) is 0 Å². The van der Waals surface area contributed by atoms with Crippen LogP contribution in [-0.2, 0) is 0 Å². The number of thioether (sulfide) groups is 1. The zero-order valence-corrected chi connectivity index (χ0v) is 15.4. The molecule has 2 unspecified atom stereocenters. The Morgan fingerprint density at radius 2 is 1.96 bits per heavy atom. The molecule has 5 rings (SSSR count). The van der Waals surface area contributed by atoms with Crippen LogP contribution in [0.1, 0.15) is 23.2 Å². The van der Waals surface area contributed by atoms with Crippen LogP contribution in [0.15, 0.2) is 23.5 Å². The maximum Gasteiger partial charge on any atom is 0.189 e. The first-order chi connectivity index (χ1) is 12.1. The zero-order valence-electron chi connectivity index (χ0n) is 14.6. The lowest BCUT2D eigenvalue weighted by Crippen LogP contribution is -2.69. The van der Waals surface area contributed by atoms with Gasteiger partial charge in [0.15, 0.2) is 5.16 Å². The summed E-state index contributed by atoms with van der Waals surface area (Å²) in [6.45, 7) is 6.05. The van der Waals surface area contributed by atoms with Crippen LogP contribution in [0.3, 0.4) is 0 Å². The van der Waals surface area contributed by atoms with E-state index in [4.69, 9.17) is 10.2 Å². The van der Waals surface area contributed by atoms with Crippen molar-refractivity contribution in [1.82, 2.24) is 15.0 Å². The van der Waals surface area contributed by atoms with Crippen molar-refractivity contribution < 1.29 is 0 Å². The van der Waals surface area contributed by atoms with Crippen molar-refractivity contribution in [2.75, 3.05) is 29.1 Å². The lowest BCUT2D eigenvalue weighted by atomic mass is 9.87. The van der Waals surface area contributed by atoms with E-state index in [0.717, 1.165) is 35.6 Å². The van der Waals surface area contributed by atoms with E-state index in [-0.39, 0.29) is 0 Å². The van der Waals surface area contributed by atoms with Gasteiger partial charge >= 0.3 is 0 Å². The van der Waals surface area contributed by atoms with Gasteiger partial charge in [0.25, 0.3) is 0 Å². The second-order valence-corrected chi connectivity index (χ2v) is 7.39. The topological polar surface area (TPSA) is 68.9 Å². The van der Waals surface area contributed by atoms with Crippen LogP contribution < -0.4 is 9.80 Å². The number of aromatic nitrogens is 3. The highest BCUT2D eigenvalue weighted by molar-refractivity contribution is 7.98. The van der Waals surface area contributed by atoms with E-state index >= 15 is 0 Å². The van der Waals surface area contributed by atoms with E-state index in [1.165, 1.54) is 12.0 Å². The van der Waals surface area contributed by atoms with E-state index in [9.17, 15) is 0 Å². The molecule has 128 valence electrons. The summed E-state index contributed by atoms with van der Waals surface area (Å²) in [5, 5.41) is 9.76. The minimum atomic E-state index is 0.451. The fourth-order valence-corrected chi connectivity index (χ4v) is 4.16. The molecule has 7 heteroatoms. The maximum absolute atomic E-state index is 8.93. The SMILES string of the molecule is CSc1nc(C)c(C)c(N2CC3CC(C2)N3c2ccc(C#N)cn2)n1. The molecular weight excluding hydrogens is 332 g/mol. The Morgan fingerprint density at radius 3 is 2.56 bits per heavy atom. The Balaban J connectivity index is 1.55. The smallest absolute Gasteiger partial charge is 0.189 e. The van der Waals surface area contributed by atoms with E-state index in [0.29, 0.717) is 17.6 Å². The Hall–Kier alpha value is -2.33. The molecule has 0 spiro atoms. The van der Waals surface area contributed by atoms with Gasteiger partial charge in [-0.1, -0.05) is 11.8 Å². The number of hydrogen-bond donors (Lipinski definition) is 0. The molecule has 3 aliphatic heterocycles. The molecule has 0 aromatic carbocycles. The second-order valence-electron chi connectivity index (χ2n) is 6.62. The fraction of sp³-hybridized carbons (Fsp3) is 0.444. The van der Waals surface area contributed by atoms with Crippen LogP contribution >= 0.6 is 11.8 Å². The van der Waals surface area contributed by atoms with Gasteiger partial charge in [0, 0.05) is 30.5 Å². The molecule has 3 fully saturated rings. The summed E-state index contributed by atoms with van der Waals surface area (Å²) in [4.78, 5) is 18.5. The Labute approximate surface area is 151 Å². The molecule has 3 aliphatic rings. The number of fused-ring (bicyclic) bond motifs is 2. The number of pyridine rings is 1. The summed E-state index contributed by atoms with van der Waals surface area (Å²) in [6.07, 6.45) is 4.86. The van der Waals surface area contributed by atoms with Crippen molar-refractivity contribution >= 4 is 23.4 Å². The van der Waals surface area contributed by atoms with Crippen LogP contribution in [0.2, 0.25) is 0 Å². The molecule has 0 N–H and O–H groups in total. The molecule has 25 heavy (non-hydrogen) atoms. The monoisotopic (exact) mass is 352 g/mol. The van der Waals surface area contributed by atoms with Crippen molar-refractivity contribution in [3.8, 4) is 6.07 Å². The summed E-state index contributed by atoms with van der Waals surface area (Å²) >= 11 is 1.59. The number of nitriles is 1. The number of aryl methyl sites for hydroxylation is 1. The number of piperidine rings is 1. The van der Waals surface area contributed by atoms with Gasteiger partial charge in [-0.15, -0.1) is 0 Å². The summed E-state index contributed by atoms with van der Waals surface area (Å²) < 4.78 is 0. The third-order valence-corrected chi connectivity index (χ3v) is 5.71. The van der Waals surface area contributed by atoms with Gasteiger partial charge in [-0.3, -0.25) is 0 Å². The van der Waals surface area contributed by atoms with E-state index < -0.39 is 0 Å². The molecule has 5 heterocycles. The highest BCUT2D eigenvalue weighted by Gasteiger charge is 2.45. The van der Waals surface area contributed by atoms with Crippen molar-refractivity contribution in [2.45, 2.75) is 37.5 Å². The lowest BCUT2D eigenvalue weighted by molar-refractivity contribution is 0.287. The van der Waals surface area contributed by atoms with Gasteiger partial charge < -0.3 is 9.80 Å². The molecule has 6 nitrogen and oxygen atoms in total. The van der Waals surface area contributed by atoms with Crippen LogP contribution in [0, 0.1) is 25.2 Å². The average molecular weight is 352 g/mol. The summed E-state index contributed by atoms with van der Waals surface area (Å²) in [5.74, 6) is 2.04. The Morgan fingerprint density at radius 1 is 1.20 bits per heavy atom. The van der Waals surface area contributed by atoms with Crippen LogP contribution in [0.4, 0.5) is 11.6 Å². The Bertz CT molecular complexity index is 832. The molecule has 2 bridgehead atoms. The first-order valence-corrected chi connectivity index (χ1v) is 9.62. The zero-order chi connectivity index (χ0) is 17.6. The lowest BCUT2D eigenvalue weighted by Gasteiger charge is -2.57. The largest absolute Gasteiger partial charge is 0.352 e. The maximum atomic E-state index is 8.93. The van der Waals surface area contributed by atoms with E-state index in [1.807, 2.05) is 18.4 Å². The Kier molecular flexibility index (Phi) is 4.00. The first-order valence-electron chi connectivity index (χ1n) is 8.39. The molecule has 2 atom stereocenters. The number of piperazine rings is 1. The van der Waals surface area contributed by atoms with Crippen LogP contribution in [0.25, 0.3) is 0 Å². The predicted octanol–water partition coefficient (Wildman–Crippen LogP) is 2.55. The third-order valence-electron chi connectivity index (χ3n) is 5.16. The van der Waals surface area contributed by atoms with Crippen molar-refractivity contribution in [3.05, 3.63) is 35.2 Å². The standard InChI is InChI=1S/C18H20N6S/c1-11-12(2)21-18(25-3)22-17(11)23-9-14-6-15(10-23)24(14)16-5-4-13(7-19)8-20-16/h4-5,8,14-15H,6,9-10H2,1-3H3. The van der Waals surface area contributed by atoms with E-state index in [1.54, 1.807) is 18.0 Å². The number of rotatable bonds is 3. The first kappa shape index (κ1) is 16.2. The summed E-state index contributed by atoms with van der Waals surface area (Å²) in [5.41, 5.74) is 2.83. The molecule has 2 aromatic rings. The van der Waals surface area contributed by atoms with Gasteiger partial charge in [-0.25, -0.2) is 15.0 Å². The molecular formula is C18H20N6S. The molecule has 0 radical (unpaired) electrons. The quantitative estimate of drug-likeness (QED) is 0.621. The highest BCUT2D eigenvalue weighted by Crippen LogP contribution is 2.38. The van der Waals surface area contributed by atoms with Gasteiger partial charge in [0.2, 0.25) is 0 Å². The minimum absolute atomic E-state index is 0.451. The summed E-state index contributed by atoms with van der Waals surface area (Å²) in [6, 6.07) is 6.83.